The quantitative estimate of drug-likeness (QED) is 0.500. The first-order valence-electron chi connectivity index (χ1n) is 4.18. The average Bonchev–Trinajstić information content (AvgIpc) is 2.35. The second-order valence-corrected chi connectivity index (χ2v) is 4.22. The van der Waals surface area contributed by atoms with Crippen LogP contribution in [-0.2, 0) is 4.79 Å². The normalized spacial score (nSPS) is 52.4. The van der Waals surface area contributed by atoms with Crippen molar-refractivity contribution in [3.05, 3.63) is 0 Å². The maximum absolute atomic E-state index is 11.5. The van der Waals surface area contributed by atoms with Crippen LogP contribution in [0.3, 0.4) is 0 Å². The lowest BCUT2D eigenvalue weighted by molar-refractivity contribution is -0.129. The van der Waals surface area contributed by atoms with Crippen LogP contribution >= 0.6 is 0 Å². The number of carbonyl (C=O) groups excluding carboxylic acids is 1. The number of Topliss-reactive ketones (excluding diaryl/α,β-unsaturated/α-hetero) is 1. The molecule has 3 atom stereocenters. The number of hydrogen-bond acceptors (Lipinski definition) is 1. The Morgan fingerprint density at radius 3 is 2.60 bits per heavy atom. The SMILES string of the molecule is C[C@H]1C(=O)[C@]2(C)CC[C@H]1C2. The molecule has 0 unspecified atom stereocenters. The molecule has 1 heteroatoms. The van der Waals surface area contributed by atoms with Gasteiger partial charge in [-0.15, -0.1) is 0 Å². The van der Waals surface area contributed by atoms with Crippen LogP contribution in [0.15, 0.2) is 0 Å². The molecule has 0 aromatic rings. The average molecular weight is 138 g/mol. The lowest BCUT2D eigenvalue weighted by Crippen LogP contribution is -2.26. The third-order valence-electron chi connectivity index (χ3n) is 3.50. The first kappa shape index (κ1) is 6.38. The van der Waals surface area contributed by atoms with Crippen LogP contribution in [-0.4, -0.2) is 5.78 Å². The summed E-state index contributed by atoms with van der Waals surface area (Å²) in [5.41, 5.74) is 0.101. The van der Waals surface area contributed by atoms with Gasteiger partial charge in [0.05, 0.1) is 0 Å². The smallest absolute Gasteiger partial charge is 0.141 e. The van der Waals surface area contributed by atoms with Gasteiger partial charge in [0.1, 0.15) is 5.78 Å². The van der Waals surface area contributed by atoms with E-state index in [0.29, 0.717) is 11.7 Å². The van der Waals surface area contributed by atoms with Crippen LogP contribution in [0.5, 0.6) is 0 Å². The van der Waals surface area contributed by atoms with Crippen molar-refractivity contribution in [2.24, 2.45) is 17.3 Å². The van der Waals surface area contributed by atoms with Crippen LogP contribution in [0.1, 0.15) is 33.1 Å². The molecule has 2 rings (SSSR count). The van der Waals surface area contributed by atoms with Gasteiger partial charge in [-0.05, 0) is 25.2 Å². The third kappa shape index (κ3) is 0.561. The van der Waals surface area contributed by atoms with E-state index < -0.39 is 0 Å². The highest BCUT2D eigenvalue weighted by Gasteiger charge is 2.52. The van der Waals surface area contributed by atoms with E-state index in [1.54, 1.807) is 0 Å². The van der Waals surface area contributed by atoms with Crippen molar-refractivity contribution in [3.63, 3.8) is 0 Å². The summed E-state index contributed by atoms with van der Waals surface area (Å²) < 4.78 is 0. The fourth-order valence-corrected chi connectivity index (χ4v) is 2.70. The summed E-state index contributed by atoms with van der Waals surface area (Å²) in [4.78, 5) is 11.5. The molecule has 2 aliphatic rings. The van der Waals surface area contributed by atoms with E-state index >= 15 is 0 Å². The Kier molecular flexibility index (Phi) is 1.04. The molecule has 2 aliphatic carbocycles. The van der Waals surface area contributed by atoms with Gasteiger partial charge in [0.2, 0.25) is 0 Å². The maximum Gasteiger partial charge on any atom is 0.141 e. The Bertz CT molecular complexity index is 185. The molecule has 0 aromatic carbocycles. The van der Waals surface area contributed by atoms with Crippen LogP contribution in [0.2, 0.25) is 0 Å². The number of rotatable bonds is 0. The molecule has 0 amide bonds. The van der Waals surface area contributed by atoms with E-state index in [4.69, 9.17) is 0 Å². The predicted molar refractivity (Wildman–Crippen MR) is 39.6 cm³/mol. The van der Waals surface area contributed by atoms with Crippen LogP contribution in [0.4, 0.5) is 0 Å². The van der Waals surface area contributed by atoms with Crippen molar-refractivity contribution in [1.29, 1.82) is 0 Å². The Balaban J connectivity index is 2.34. The van der Waals surface area contributed by atoms with Crippen LogP contribution in [0, 0.1) is 17.3 Å². The molecule has 1 nitrogen and oxygen atoms in total. The summed E-state index contributed by atoms with van der Waals surface area (Å²) in [6.07, 6.45) is 3.62. The predicted octanol–water partition coefficient (Wildman–Crippen LogP) is 2.01. The highest BCUT2D eigenvalue weighted by Crippen LogP contribution is 2.53. The van der Waals surface area contributed by atoms with Gasteiger partial charge in [-0.3, -0.25) is 4.79 Å². The molecular formula is C9H14O. The third-order valence-corrected chi connectivity index (χ3v) is 3.50. The summed E-state index contributed by atoms with van der Waals surface area (Å²) in [6, 6.07) is 0. The zero-order chi connectivity index (χ0) is 7.35. The summed E-state index contributed by atoms with van der Waals surface area (Å²) in [5, 5.41) is 0. The Labute approximate surface area is 61.8 Å². The van der Waals surface area contributed by atoms with Crippen molar-refractivity contribution in [1.82, 2.24) is 0 Å². The molecule has 2 fully saturated rings. The zero-order valence-electron chi connectivity index (χ0n) is 6.68. The molecule has 0 N–H and O–H groups in total. The molecule has 0 heterocycles. The van der Waals surface area contributed by atoms with E-state index in [1.807, 2.05) is 0 Å². The summed E-state index contributed by atoms with van der Waals surface area (Å²) in [5.74, 6) is 1.64. The maximum atomic E-state index is 11.5. The lowest BCUT2D eigenvalue weighted by Gasteiger charge is -2.22. The van der Waals surface area contributed by atoms with E-state index in [0.717, 1.165) is 12.3 Å². The van der Waals surface area contributed by atoms with E-state index in [2.05, 4.69) is 13.8 Å². The first-order chi connectivity index (χ1) is 4.63. The van der Waals surface area contributed by atoms with E-state index in [1.165, 1.54) is 12.8 Å². The highest BCUT2D eigenvalue weighted by atomic mass is 16.1. The van der Waals surface area contributed by atoms with Gasteiger partial charge in [0.25, 0.3) is 0 Å². The van der Waals surface area contributed by atoms with Gasteiger partial charge in [-0.1, -0.05) is 13.8 Å². The Morgan fingerprint density at radius 2 is 2.30 bits per heavy atom. The standard InChI is InChI=1S/C9H14O/c1-6-7-3-4-9(2,5-7)8(6)10/h6-7H,3-5H2,1-2H3/t6-,7+,9-/m1/s1. The molecular weight excluding hydrogens is 124 g/mol. The monoisotopic (exact) mass is 138 g/mol. The molecule has 10 heavy (non-hydrogen) atoms. The second-order valence-electron chi connectivity index (χ2n) is 4.22. The van der Waals surface area contributed by atoms with Crippen molar-refractivity contribution in [2.75, 3.05) is 0 Å². The molecule has 0 spiro atoms. The first-order valence-corrected chi connectivity index (χ1v) is 4.18. The van der Waals surface area contributed by atoms with Gasteiger partial charge in [-0.2, -0.15) is 0 Å². The van der Waals surface area contributed by atoms with Crippen molar-refractivity contribution < 1.29 is 4.79 Å². The zero-order valence-corrected chi connectivity index (χ0v) is 6.68. The number of carbonyl (C=O) groups is 1. The fraction of sp³-hybridized carbons (Fsp3) is 0.889. The van der Waals surface area contributed by atoms with Gasteiger partial charge in [0.15, 0.2) is 0 Å². The minimum atomic E-state index is 0.101. The number of ketones is 1. The molecule has 2 bridgehead atoms. The van der Waals surface area contributed by atoms with Crippen molar-refractivity contribution >= 4 is 5.78 Å². The van der Waals surface area contributed by atoms with Gasteiger partial charge >= 0.3 is 0 Å². The van der Waals surface area contributed by atoms with E-state index in [-0.39, 0.29) is 5.41 Å². The molecule has 0 aromatic heterocycles. The summed E-state index contributed by atoms with van der Waals surface area (Å²) >= 11 is 0. The second kappa shape index (κ2) is 1.63. The van der Waals surface area contributed by atoms with Gasteiger partial charge in [-0.25, -0.2) is 0 Å². The minimum absolute atomic E-state index is 0.101. The van der Waals surface area contributed by atoms with E-state index in [9.17, 15) is 4.79 Å². The number of fused-ring (bicyclic) bond motifs is 2. The van der Waals surface area contributed by atoms with Crippen LogP contribution in [0.25, 0.3) is 0 Å². The molecule has 56 valence electrons. The lowest BCUT2D eigenvalue weighted by atomic mass is 9.81. The molecule has 0 radical (unpaired) electrons. The van der Waals surface area contributed by atoms with Crippen molar-refractivity contribution in [2.45, 2.75) is 33.1 Å². The number of hydrogen-bond donors (Lipinski definition) is 0. The van der Waals surface area contributed by atoms with Gasteiger partial charge < -0.3 is 0 Å². The Hall–Kier alpha value is -0.330. The topological polar surface area (TPSA) is 17.1 Å². The minimum Gasteiger partial charge on any atom is -0.299 e. The highest BCUT2D eigenvalue weighted by molar-refractivity contribution is 5.89. The van der Waals surface area contributed by atoms with Crippen molar-refractivity contribution in [3.8, 4) is 0 Å². The van der Waals surface area contributed by atoms with Crippen LogP contribution < -0.4 is 0 Å². The summed E-state index contributed by atoms with van der Waals surface area (Å²) in [7, 11) is 0. The fourth-order valence-electron chi connectivity index (χ4n) is 2.70. The Morgan fingerprint density at radius 1 is 1.60 bits per heavy atom. The molecule has 2 saturated carbocycles. The summed E-state index contributed by atoms with van der Waals surface area (Å²) in [6.45, 7) is 4.23. The molecule has 0 aliphatic heterocycles. The molecule has 0 saturated heterocycles. The van der Waals surface area contributed by atoms with Gasteiger partial charge in [0, 0.05) is 11.3 Å². The largest absolute Gasteiger partial charge is 0.299 e.